The molecule has 6 N–H and O–H groups in total. The van der Waals surface area contributed by atoms with Crippen LogP contribution in [0.1, 0.15) is 0 Å². The van der Waals surface area contributed by atoms with Gasteiger partial charge in [0.1, 0.15) is 6.61 Å². The van der Waals surface area contributed by atoms with Crippen molar-refractivity contribution in [3.8, 4) is 0 Å². The van der Waals surface area contributed by atoms with Gasteiger partial charge < -0.3 is 36.3 Å². The molecule has 3 heterocycles. The maximum absolute atomic E-state index is 12.8. The van der Waals surface area contributed by atoms with Crippen molar-refractivity contribution in [2.45, 2.75) is 17.8 Å². The lowest BCUT2D eigenvalue weighted by Crippen LogP contribution is -2.55. The number of Topliss-reactive ketones (excluding diaryl/α,β-unsaturated/α-hetero) is 2. The first-order valence-electron chi connectivity index (χ1n) is 7.82. The number of piperazine rings is 1. The third-order valence-electron chi connectivity index (χ3n) is 5.49. The number of nitrogens with two attached hydrogens (primary N) is 2. The highest BCUT2D eigenvalue weighted by Gasteiger charge is 2.72. The second-order valence-corrected chi connectivity index (χ2v) is 6.47. The van der Waals surface area contributed by atoms with Crippen LogP contribution >= 0.6 is 0 Å². The van der Waals surface area contributed by atoms with Crippen LogP contribution in [0.25, 0.3) is 0 Å². The summed E-state index contributed by atoms with van der Waals surface area (Å²) in [5, 5.41) is 12.7. The van der Waals surface area contributed by atoms with E-state index in [1.165, 1.54) is 7.11 Å². The van der Waals surface area contributed by atoms with Crippen LogP contribution in [0, 0.1) is 5.92 Å². The summed E-state index contributed by atoms with van der Waals surface area (Å²) in [4.78, 5) is 38.5. The Morgan fingerprint density at radius 1 is 1.44 bits per heavy atom. The minimum absolute atomic E-state index is 0.105. The number of hydrogen-bond donors (Lipinski definition) is 4. The van der Waals surface area contributed by atoms with Crippen LogP contribution in [-0.4, -0.2) is 72.3 Å². The van der Waals surface area contributed by atoms with Gasteiger partial charge >= 0.3 is 6.09 Å². The number of nitrogens with one attached hydrogen (secondary N) is 1. The van der Waals surface area contributed by atoms with E-state index < -0.39 is 35.9 Å². The standard InChI is InChI=1S/C15H18N4O6/c1-24-15-6(4-25-14(17)23)8-10(19(15)2-7-13(15)18-7)11(21)5(3-20)9(16)12(8)22/h6-7,13,18,20H,2-4,16H2,1H3,(H2,17,23)/t6-,7+,13+,15-/m1/s1. The fourth-order valence-electron chi connectivity index (χ4n) is 4.40. The monoisotopic (exact) mass is 350 g/mol. The number of ether oxygens (including phenoxy) is 2. The van der Waals surface area contributed by atoms with Crippen LogP contribution in [0.15, 0.2) is 22.5 Å². The van der Waals surface area contributed by atoms with Gasteiger partial charge in [-0.2, -0.15) is 0 Å². The number of fused-ring (bicyclic) bond motifs is 4. The number of aliphatic hydroxyl groups is 1. The summed E-state index contributed by atoms with van der Waals surface area (Å²) in [6.07, 6.45) is -0.987. The number of hydrogen-bond acceptors (Lipinski definition) is 9. The maximum Gasteiger partial charge on any atom is 0.404 e. The summed E-state index contributed by atoms with van der Waals surface area (Å²) in [6, 6.07) is -0.0159. The molecule has 1 amide bonds. The lowest BCUT2D eigenvalue weighted by Gasteiger charge is -2.39. The number of carbonyl (C=O) groups excluding carboxylic acids is 3. The molecular weight excluding hydrogens is 332 g/mol. The molecule has 4 aliphatic rings. The largest absolute Gasteiger partial charge is 0.449 e. The number of aliphatic hydroxyl groups excluding tert-OH is 1. The number of rotatable bonds is 4. The third kappa shape index (κ3) is 1.81. The summed E-state index contributed by atoms with van der Waals surface area (Å²) in [7, 11) is 1.48. The van der Waals surface area contributed by atoms with Gasteiger partial charge in [-0.05, 0) is 0 Å². The molecule has 10 nitrogen and oxygen atoms in total. The Balaban J connectivity index is 1.84. The lowest BCUT2D eigenvalue weighted by molar-refractivity contribution is -0.137. The third-order valence-corrected chi connectivity index (χ3v) is 5.49. The van der Waals surface area contributed by atoms with Gasteiger partial charge in [0.25, 0.3) is 0 Å². The van der Waals surface area contributed by atoms with Crippen molar-refractivity contribution in [2.75, 3.05) is 26.9 Å². The fourth-order valence-corrected chi connectivity index (χ4v) is 4.40. The zero-order valence-electron chi connectivity index (χ0n) is 13.4. The van der Waals surface area contributed by atoms with E-state index in [-0.39, 0.29) is 41.2 Å². The zero-order chi connectivity index (χ0) is 18.1. The molecule has 0 aromatic rings. The van der Waals surface area contributed by atoms with Crippen molar-refractivity contribution in [3.63, 3.8) is 0 Å². The smallest absolute Gasteiger partial charge is 0.404 e. The van der Waals surface area contributed by atoms with Crippen LogP contribution in [0.5, 0.6) is 0 Å². The average Bonchev–Trinajstić information content (AvgIpc) is 3.18. The van der Waals surface area contributed by atoms with E-state index in [1.54, 1.807) is 4.90 Å². The van der Waals surface area contributed by atoms with Crippen molar-refractivity contribution in [2.24, 2.45) is 17.4 Å². The van der Waals surface area contributed by atoms with Crippen molar-refractivity contribution < 1.29 is 29.0 Å². The number of primary amides is 1. The number of allylic oxidation sites excluding steroid dienone is 2. The van der Waals surface area contributed by atoms with Gasteiger partial charge in [0.15, 0.2) is 5.72 Å². The van der Waals surface area contributed by atoms with Crippen LogP contribution in [0.4, 0.5) is 4.79 Å². The Labute approximate surface area is 142 Å². The summed E-state index contributed by atoms with van der Waals surface area (Å²) in [5.74, 6) is -1.78. The number of nitrogens with zero attached hydrogens (tertiary/aromatic N) is 1. The van der Waals surface area contributed by atoms with Gasteiger partial charge in [0.2, 0.25) is 11.6 Å². The lowest BCUT2D eigenvalue weighted by atomic mass is 9.82. The molecule has 0 unspecified atom stereocenters. The Hall–Kier alpha value is -2.43. The van der Waals surface area contributed by atoms with Gasteiger partial charge in [-0.1, -0.05) is 0 Å². The molecular formula is C15H18N4O6. The number of methoxy groups -OCH3 is 1. The molecule has 0 aromatic carbocycles. The molecule has 0 bridgehead atoms. The van der Waals surface area contributed by atoms with Gasteiger partial charge in [0.05, 0.1) is 35.5 Å². The first kappa shape index (κ1) is 16.1. The van der Waals surface area contributed by atoms with Gasteiger partial charge in [-0.15, -0.1) is 0 Å². The highest BCUT2D eigenvalue weighted by atomic mass is 16.6. The highest BCUT2D eigenvalue weighted by Crippen LogP contribution is 2.55. The molecule has 134 valence electrons. The Kier molecular flexibility index (Phi) is 3.24. The molecule has 2 saturated heterocycles. The molecule has 10 heteroatoms. The van der Waals surface area contributed by atoms with Crippen LogP contribution in [0.2, 0.25) is 0 Å². The van der Waals surface area contributed by atoms with Crippen LogP contribution in [-0.2, 0) is 19.1 Å². The summed E-state index contributed by atoms with van der Waals surface area (Å²) in [6.45, 7) is -0.388. The first-order valence-corrected chi connectivity index (χ1v) is 7.82. The Morgan fingerprint density at radius 2 is 2.16 bits per heavy atom. The van der Waals surface area contributed by atoms with Crippen molar-refractivity contribution >= 4 is 17.7 Å². The number of amides is 1. The second kappa shape index (κ2) is 5.04. The predicted molar refractivity (Wildman–Crippen MR) is 81.5 cm³/mol. The van der Waals surface area contributed by atoms with E-state index in [2.05, 4.69) is 5.32 Å². The fraction of sp³-hybridized carbons (Fsp3) is 0.533. The van der Waals surface area contributed by atoms with E-state index in [0.717, 1.165) is 0 Å². The van der Waals surface area contributed by atoms with Crippen molar-refractivity contribution in [3.05, 3.63) is 22.5 Å². The first-order chi connectivity index (χ1) is 11.9. The average molecular weight is 350 g/mol. The maximum atomic E-state index is 12.8. The summed E-state index contributed by atoms with van der Waals surface area (Å²) < 4.78 is 10.7. The van der Waals surface area contributed by atoms with E-state index in [1.807, 2.05) is 0 Å². The molecule has 2 fully saturated rings. The quantitative estimate of drug-likeness (QED) is 0.312. The molecule has 0 saturated carbocycles. The SMILES string of the molecule is CO[C@@]12[C@H](COC(N)=O)C3=C(C(=O)C(CO)=C(N)C3=O)N1C[C@@H]1N[C@@H]12. The van der Waals surface area contributed by atoms with Crippen LogP contribution < -0.4 is 16.8 Å². The van der Waals surface area contributed by atoms with E-state index in [9.17, 15) is 19.5 Å². The molecule has 4 atom stereocenters. The van der Waals surface area contributed by atoms with E-state index >= 15 is 0 Å². The molecule has 4 rings (SSSR count). The molecule has 0 spiro atoms. The molecule has 1 aliphatic carbocycles. The Morgan fingerprint density at radius 3 is 2.76 bits per heavy atom. The van der Waals surface area contributed by atoms with E-state index in [0.29, 0.717) is 6.54 Å². The minimum Gasteiger partial charge on any atom is -0.449 e. The molecule has 3 aliphatic heterocycles. The molecule has 0 radical (unpaired) electrons. The molecule has 25 heavy (non-hydrogen) atoms. The zero-order valence-corrected chi connectivity index (χ0v) is 13.4. The summed E-state index contributed by atoms with van der Waals surface area (Å²) >= 11 is 0. The molecule has 0 aromatic heterocycles. The second-order valence-electron chi connectivity index (χ2n) is 6.47. The van der Waals surface area contributed by atoms with Crippen LogP contribution in [0.3, 0.4) is 0 Å². The summed E-state index contributed by atoms with van der Waals surface area (Å²) in [5.41, 5.74) is 9.71. The van der Waals surface area contributed by atoms with E-state index in [4.69, 9.17) is 20.9 Å². The normalized spacial score (nSPS) is 35.8. The van der Waals surface area contributed by atoms with Gasteiger partial charge in [-0.3, -0.25) is 9.59 Å². The van der Waals surface area contributed by atoms with Crippen molar-refractivity contribution in [1.82, 2.24) is 10.2 Å². The number of ketones is 2. The minimum atomic E-state index is -1.04. The van der Waals surface area contributed by atoms with Crippen molar-refractivity contribution in [1.29, 1.82) is 0 Å². The topological polar surface area (TPSA) is 167 Å². The predicted octanol–water partition coefficient (Wildman–Crippen LogP) is -2.68. The van der Waals surface area contributed by atoms with Gasteiger partial charge in [0, 0.05) is 25.3 Å². The number of carbonyl (C=O) groups is 3. The highest BCUT2D eigenvalue weighted by molar-refractivity contribution is 6.25. The Bertz CT molecular complexity index is 774. The van der Waals surface area contributed by atoms with Gasteiger partial charge in [-0.25, -0.2) is 4.79 Å².